The van der Waals surface area contributed by atoms with Crippen LogP contribution in [-0.4, -0.2) is 42.1 Å². The van der Waals surface area contributed by atoms with Gasteiger partial charge in [0, 0.05) is 22.6 Å². The molecule has 5 nitrogen and oxygen atoms in total. The highest BCUT2D eigenvalue weighted by Gasteiger charge is 2.37. The number of nitriles is 1. The summed E-state index contributed by atoms with van der Waals surface area (Å²) >= 11 is 3.54. The molecule has 3 rings (SSSR count). The Morgan fingerprint density at radius 2 is 2.15 bits per heavy atom. The highest BCUT2D eigenvalue weighted by atomic mass is 79.9. The molecule has 2 saturated heterocycles. The van der Waals surface area contributed by atoms with E-state index in [1.54, 1.807) is 4.90 Å². The molecule has 146 valence electrons. The van der Waals surface area contributed by atoms with E-state index in [1.807, 2.05) is 12.1 Å². The molecule has 0 bridgehead atoms. The minimum atomic E-state index is -0.258. The van der Waals surface area contributed by atoms with Gasteiger partial charge in [0.1, 0.15) is 18.4 Å². The van der Waals surface area contributed by atoms with E-state index in [0.29, 0.717) is 13.2 Å². The Labute approximate surface area is 170 Å². The number of benzene rings is 1. The standard InChI is InChI=1S/C21H28BrN3O2/c1-21(2,3)17-11-14(22)6-9-19(17)27-13-15-7-8-18(24-15)20(26)25-10-4-5-16(25)12-23/h6,9,11,15-16,18,24H,4-5,7-8,10,13H2,1-3H3/t15-,16+,18+/m1/s1. The van der Waals surface area contributed by atoms with Gasteiger partial charge >= 0.3 is 0 Å². The molecular formula is C21H28BrN3O2. The van der Waals surface area contributed by atoms with E-state index >= 15 is 0 Å². The second-order valence-electron chi connectivity index (χ2n) is 8.51. The number of halogens is 1. The molecular weight excluding hydrogens is 406 g/mol. The highest BCUT2D eigenvalue weighted by molar-refractivity contribution is 9.10. The number of hydrogen-bond acceptors (Lipinski definition) is 4. The van der Waals surface area contributed by atoms with Crippen molar-refractivity contribution >= 4 is 21.8 Å². The Balaban J connectivity index is 1.58. The molecule has 0 aliphatic carbocycles. The summed E-state index contributed by atoms with van der Waals surface area (Å²) in [6.07, 6.45) is 3.42. The number of amides is 1. The van der Waals surface area contributed by atoms with Gasteiger partial charge in [0.05, 0.1) is 12.1 Å². The predicted octanol–water partition coefficient (Wildman–Crippen LogP) is 3.76. The lowest BCUT2D eigenvalue weighted by Gasteiger charge is -2.25. The Hall–Kier alpha value is -1.58. The van der Waals surface area contributed by atoms with Gasteiger partial charge in [0.15, 0.2) is 0 Å². The second kappa shape index (κ2) is 8.20. The van der Waals surface area contributed by atoms with Crippen LogP contribution in [0.25, 0.3) is 0 Å². The number of rotatable bonds is 4. The Kier molecular flexibility index (Phi) is 6.12. The van der Waals surface area contributed by atoms with Crippen molar-refractivity contribution < 1.29 is 9.53 Å². The summed E-state index contributed by atoms with van der Waals surface area (Å²) in [5, 5.41) is 12.6. The van der Waals surface area contributed by atoms with E-state index in [1.165, 1.54) is 0 Å². The zero-order valence-electron chi connectivity index (χ0n) is 16.3. The molecule has 0 saturated carbocycles. The molecule has 1 amide bonds. The van der Waals surface area contributed by atoms with Crippen molar-refractivity contribution in [3.8, 4) is 11.8 Å². The highest BCUT2D eigenvalue weighted by Crippen LogP contribution is 2.34. The van der Waals surface area contributed by atoms with Gasteiger partial charge in [0.25, 0.3) is 0 Å². The topological polar surface area (TPSA) is 65.4 Å². The fraction of sp³-hybridized carbons (Fsp3) is 0.619. The van der Waals surface area contributed by atoms with Crippen molar-refractivity contribution in [2.45, 2.75) is 70.0 Å². The van der Waals surface area contributed by atoms with Gasteiger partial charge in [0.2, 0.25) is 5.91 Å². The quantitative estimate of drug-likeness (QED) is 0.784. The molecule has 27 heavy (non-hydrogen) atoms. The van der Waals surface area contributed by atoms with Crippen LogP contribution in [0.2, 0.25) is 0 Å². The first-order valence-electron chi connectivity index (χ1n) is 9.68. The van der Waals surface area contributed by atoms with E-state index in [0.717, 1.165) is 41.5 Å². The maximum Gasteiger partial charge on any atom is 0.240 e. The number of likely N-dealkylation sites (tertiary alicyclic amines) is 1. The van der Waals surface area contributed by atoms with Crippen molar-refractivity contribution in [2.75, 3.05) is 13.2 Å². The lowest BCUT2D eigenvalue weighted by Crippen LogP contribution is -2.47. The molecule has 0 radical (unpaired) electrons. The van der Waals surface area contributed by atoms with E-state index in [9.17, 15) is 10.1 Å². The zero-order chi connectivity index (χ0) is 19.6. The molecule has 0 aromatic heterocycles. The molecule has 2 fully saturated rings. The monoisotopic (exact) mass is 433 g/mol. The SMILES string of the molecule is CC(C)(C)c1cc(Br)ccc1OC[C@H]1CC[C@@H](C(=O)N2CCC[C@H]2C#N)N1. The van der Waals surface area contributed by atoms with Crippen LogP contribution in [0.4, 0.5) is 0 Å². The van der Waals surface area contributed by atoms with Gasteiger partial charge < -0.3 is 9.64 Å². The third-order valence-electron chi connectivity index (χ3n) is 5.41. The van der Waals surface area contributed by atoms with Crippen LogP contribution in [0.5, 0.6) is 5.75 Å². The van der Waals surface area contributed by atoms with E-state index in [2.05, 4.69) is 54.2 Å². The Morgan fingerprint density at radius 3 is 2.85 bits per heavy atom. The van der Waals surface area contributed by atoms with Crippen molar-refractivity contribution in [2.24, 2.45) is 0 Å². The number of carbonyl (C=O) groups is 1. The molecule has 3 atom stereocenters. The molecule has 1 aromatic carbocycles. The Bertz CT molecular complexity index is 738. The minimum absolute atomic E-state index is 0.0111. The van der Waals surface area contributed by atoms with Crippen molar-refractivity contribution in [1.29, 1.82) is 5.26 Å². The van der Waals surface area contributed by atoms with Gasteiger partial charge in [-0.1, -0.05) is 36.7 Å². The smallest absolute Gasteiger partial charge is 0.240 e. The van der Waals surface area contributed by atoms with Gasteiger partial charge in [-0.2, -0.15) is 5.26 Å². The minimum Gasteiger partial charge on any atom is -0.492 e. The summed E-state index contributed by atoms with van der Waals surface area (Å²) in [7, 11) is 0. The van der Waals surface area contributed by atoms with Gasteiger partial charge in [-0.05, 0) is 49.3 Å². The maximum atomic E-state index is 12.7. The van der Waals surface area contributed by atoms with Crippen molar-refractivity contribution in [1.82, 2.24) is 10.2 Å². The summed E-state index contributed by atoms with van der Waals surface area (Å²) in [5.41, 5.74) is 1.15. The predicted molar refractivity (Wildman–Crippen MR) is 109 cm³/mol. The fourth-order valence-electron chi connectivity index (χ4n) is 3.91. The molecule has 0 unspecified atom stereocenters. The molecule has 6 heteroatoms. The van der Waals surface area contributed by atoms with Crippen molar-refractivity contribution in [3.05, 3.63) is 28.2 Å². The van der Waals surface area contributed by atoms with E-state index in [4.69, 9.17) is 4.74 Å². The van der Waals surface area contributed by atoms with Gasteiger partial charge in [-0.15, -0.1) is 0 Å². The van der Waals surface area contributed by atoms with Crippen LogP contribution in [0.3, 0.4) is 0 Å². The first-order chi connectivity index (χ1) is 12.8. The first kappa shape index (κ1) is 20.2. The summed E-state index contributed by atoms with van der Waals surface area (Å²) in [6.45, 7) is 7.75. The van der Waals surface area contributed by atoms with Crippen LogP contribution < -0.4 is 10.1 Å². The van der Waals surface area contributed by atoms with Crippen LogP contribution in [0.1, 0.15) is 52.0 Å². The fourth-order valence-corrected chi connectivity index (χ4v) is 4.28. The first-order valence-corrected chi connectivity index (χ1v) is 10.5. The number of ether oxygens (including phenoxy) is 1. The van der Waals surface area contributed by atoms with Crippen LogP contribution in [-0.2, 0) is 10.2 Å². The lowest BCUT2D eigenvalue weighted by atomic mass is 9.86. The second-order valence-corrected chi connectivity index (χ2v) is 9.43. The number of hydrogen-bond donors (Lipinski definition) is 1. The number of carbonyl (C=O) groups excluding carboxylic acids is 1. The molecule has 2 aliphatic rings. The summed E-state index contributed by atoms with van der Waals surface area (Å²) in [6, 6.07) is 8.06. The third-order valence-corrected chi connectivity index (χ3v) is 5.91. The van der Waals surface area contributed by atoms with E-state index < -0.39 is 0 Å². The Morgan fingerprint density at radius 1 is 1.37 bits per heavy atom. The molecule has 2 heterocycles. The van der Waals surface area contributed by atoms with Crippen LogP contribution in [0, 0.1) is 11.3 Å². The molecule has 1 N–H and O–H groups in total. The van der Waals surface area contributed by atoms with Gasteiger partial charge in [-0.25, -0.2) is 0 Å². The van der Waals surface area contributed by atoms with Gasteiger partial charge in [-0.3, -0.25) is 10.1 Å². The normalized spacial score (nSPS) is 25.4. The molecule has 0 spiro atoms. The number of nitrogens with one attached hydrogen (secondary N) is 1. The van der Waals surface area contributed by atoms with Crippen LogP contribution in [0.15, 0.2) is 22.7 Å². The third kappa shape index (κ3) is 4.64. The summed E-state index contributed by atoms with van der Waals surface area (Å²) in [4.78, 5) is 14.5. The maximum absolute atomic E-state index is 12.7. The van der Waals surface area contributed by atoms with Crippen LogP contribution >= 0.6 is 15.9 Å². The summed E-state index contributed by atoms with van der Waals surface area (Å²) < 4.78 is 7.18. The van der Waals surface area contributed by atoms with Crippen molar-refractivity contribution in [3.63, 3.8) is 0 Å². The average Bonchev–Trinajstić information content (AvgIpc) is 3.28. The average molecular weight is 434 g/mol. The molecule has 1 aromatic rings. The number of nitrogens with zero attached hydrogens (tertiary/aromatic N) is 2. The summed E-state index contributed by atoms with van der Waals surface area (Å²) in [5.74, 6) is 0.965. The zero-order valence-corrected chi connectivity index (χ0v) is 17.9. The largest absolute Gasteiger partial charge is 0.492 e. The lowest BCUT2D eigenvalue weighted by molar-refractivity contribution is -0.133. The molecule has 2 aliphatic heterocycles. The van der Waals surface area contributed by atoms with E-state index in [-0.39, 0.29) is 29.4 Å².